The highest BCUT2D eigenvalue weighted by atomic mass is 32.2. The van der Waals surface area contributed by atoms with Gasteiger partial charge < -0.3 is 15.2 Å². The Kier molecular flexibility index (Phi) is 5.90. The molecule has 2 amide bonds. The number of aromatic nitrogens is 1. The van der Waals surface area contributed by atoms with Crippen LogP contribution in [0.5, 0.6) is 0 Å². The first-order valence-electron chi connectivity index (χ1n) is 10.3. The minimum atomic E-state index is -3.87. The Labute approximate surface area is 178 Å². The lowest BCUT2D eigenvalue weighted by molar-refractivity contribution is -0.118. The van der Waals surface area contributed by atoms with Gasteiger partial charge in [-0.3, -0.25) is 9.59 Å². The van der Waals surface area contributed by atoms with Crippen LogP contribution in [-0.4, -0.2) is 64.6 Å². The standard InChI is InChI=1S/C21H32N4O4S/c1-6-18(26)23-15-12-20(2,3)25(21(4,5)13-15)30(28,29)16-11-17(22-14-16)19(27)24-9-7-8-10-24/h6,11,14-15,22H,1,7-10,12-13H2,2-5H3,(H,23,26). The highest BCUT2D eigenvalue weighted by Gasteiger charge is 2.52. The molecule has 0 spiro atoms. The zero-order valence-corrected chi connectivity index (χ0v) is 19.0. The second-order valence-electron chi connectivity index (χ2n) is 9.46. The van der Waals surface area contributed by atoms with Gasteiger partial charge in [-0.1, -0.05) is 6.58 Å². The smallest absolute Gasteiger partial charge is 0.270 e. The van der Waals surface area contributed by atoms with Crippen molar-refractivity contribution in [3.05, 3.63) is 30.6 Å². The van der Waals surface area contributed by atoms with Gasteiger partial charge in [-0.15, -0.1) is 0 Å². The summed E-state index contributed by atoms with van der Waals surface area (Å²) in [5, 5.41) is 2.91. The molecular formula is C21H32N4O4S. The molecule has 2 aliphatic rings. The van der Waals surface area contributed by atoms with E-state index in [1.54, 1.807) is 4.90 Å². The van der Waals surface area contributed by atoms with E-state index in [-0.39, 0.29) is 22.8 Å². The summed E-state index contributed by atoms with van der Waals surface area (Å²) in [6.07, 6.45) is 5.51. The number of carbonyl (C=O) groups excluding carboxylic acids is 2. The fourth-order valence-corrected chi connectivity index (χ4v) is 7.25. The van der Waals surface area contributed by atoms with Gasteiger partial charge in [0.15, 0.2) is 0 Å². The number of amides is 2. The van der Waals surface area contributed by atoms with Crippen LogP contribution in [0.1, 0.15) is 63.9 Å². The molecule has 9 heteroatoms. The number of nitrogens with one attached hydrogen (secondary N) is 2. The number of likely N-dealkylation sites (tertiary alicyclic amines) is 1. The van der Waals surface area contributed by atoms with Crippen molar-refractivity contribution in [1.29, 1.82) is 0 Å². The van der Waals surface area contributed by atoms with E-state index >= 15 is 0 Å². The molecule has 3 heterocycles. The molecule has 2 fully saturated rings. The number of hydrogen-bond donors (Lipinski definition) is 2. The van der Waals surface area contributed by atoms with Crippen LogP contribution >= 0.6 is 0 Å². The second-order valence-corrected chi connectivity index (χ2v) is 11.2. The fraction of sp³-hybridized carbons (Fsp3) is 0.619. The monoisotopic (exact) mass is 436 g/mol. The molecule has 2 saturated heterocycles. The molecule has 8 nitrogen and oxygen atoms in total. The molecule has 1 aromatic heterocycles. The van der Waals surface area contributed by atoms with Crippen LogP contribution in [0.2, 0.25) is 0 Å². The highest BCUT2D eigenvalue weighted by molar-refractivity contribution is 7.89. The van der Waals surface area contributed by atoms with E-state index in [4.69, 9.17) is 0 Å². The quantitative estimate of drug-likeness (QED) is 0.691. The summed E-state index contributed by atoms with van der Waals surface area (Å²) < 4.78 is 28.8. The van der Waals surface area contributed by atoms with Crippen molar-refractivity contribution in [3.63, 3.8) is 0 Å². The van der Waals surface area contributed by atoms with Gasteiger partial charge in [-0.25, -0.2) is 8.42 Å². The summed E-state index contributed by atoms with van der Waals surface area (Å²) in [5.74, 6) is -0.433. The van der Waals surface area contributed by atoms with E-state index in [1.807, 2.05) is 27.7 Å². The van der Waals surface area contributed by atoms with E-state index in [9.17, 15) is 18.0 Å². The first kappa shape index (κ1) is 22.6. The van der Waals surface area contributed by atoms with Crippen LogP contribution < -0.4 is 5.32 Å². The SMILES string of the molecule is C=CC(=O)NC1CC(C)(C)N(S(=O)(=O)c2c[nH]c(C(=O)N3CCCC3)c2)C(C)(C)C1. The van der Waals surface area contributed by atoms with Crippen molar-refractivity contribution >= 4 is 21.8 Å². The summed E-state index contributed by atoms with van der Waals surface area (Å²) in [4.78, 5) is 29.1. The number of rotatable bonds is 5. The lowest BCUT2D eigenvalue weighted by Crippen LogP contribution is -2.65. The van der Waals surface area contributed by atoms with E-state index in [0.29, 0.717) is 31.6 Å². The minimum Gasteiger partial charge on any atom is -0.356 e. The number of carbonyl (C=O) groups is 2. The Morgan fingerprint density at radius 2 is 1.73 bits per heavy atom. The van der Waals surface area contributed by atoms with Crippen LogP contribution in [0, 0.1) is 0 Å². The average Bonchev–Trinajstić information content (AvgIpc) is 3.30. The van der Waals surface area contributed by atoms with Gasteiger partial charge in [-0.05, 0) is 65.5 Å². The maximum Gasteiger partial charge on any atom is 0.270 e. The van der Waals surface area contributed by atoms with Gasteiger partial charge in [0, 0.05) is 36.4 Å². The molecule has 0 radical (unpaired) electrons. The zero-order valence-electron chi connectivity index (χ0n) is 18.2. The third-order valence-electron chi connectivity index (χ3n) is 5.94. The third kappa shape index (κ3) is 4.18. The molecule has 30 heavy (non-hydrogen) atoms. The molecule has 1 aromatic rings. The number of H-pyrrole nitrogens is 1. The average molecular weight is 437 g/mol. The Bertz CT molecular complexity index is 924. The molecule has 3 rings (SSSR count). The van der Waals surface area contributed by atoms with Crippen LogP contribution in [0.4, 0.5) is 0 Å². The van der Waals surface area contributed by atoms with E-state index in [0.717, 1.165) is 12.8 Å². The van der Waals surface area contributed by atoms with Crippen LogP contribution in [0.3, 0.4) is 0 Å². The number of sulfonamides is 1. The Balaban J connectivity index is 1.89. The van der Waals surface area contributed by atoms with Gasteiger partial charge >= 0.3 is 0 Å². The van der Waals surface area contributed by atoms with Crippen molar-refractivity contribution in [2.75, 3.05) is 13.1 Å². The first-order valence-corrected chi connectivity index (χ1v) is 11.8. The van der Waals surface area contributed by atoms with Crippen LogP contribution in [0.25, 0.3) is 0 Å². The molecule has 2 aliphatic heterocycles. The van der Waals surface area contributed by atoms with Crippen LogP contribution in [0.15, 0.2) is 29.8 Å². The number of nitrogens with zero attached hydrogens (tertiary/aromatic N) is 2. The Morgan fingerprint density at radius 1 is 1.17 bits per heavy atom. The van der Waals surface area contributed by atoms with Gasteiger partial charge in [0.25, 0.3) is 5.91 Å². The van der Waals surface area contributed by atoms with Gasteiger partial charge in [0.2, 0.25) is 15.9 Å². The summed E-state index contributed by atoms with van der Waals surface area (Å²) >= 11 is 0. The molecule has 0 bridgehead atoms. The van der Waals surface area contributed by atoms with Crippen LogP contribution in [-0.2, 0) is 14.8 Å². The van der Waals surface area contributed by atoms with E-state index < -0.39 is 21.1 Å². The third-order valence-corrected chi connectivity index (χ3v) is 8.24. The first-order chi connectivity index (χ1) is 13.9. The van der Waals surface area contributed by atoms with Gasteiger partial charge in [0.1, 0.15) is 10.6 Å². The molecule has 0 aliphatic carbocycles. The van der Waals surface area contributed by atoms with Crippen molar-refractivity contribution in [2.24, 2.45) is 0 Å². The van der Waals surface area contributed by atoms with E-state index in [1.165, 1.54) is 22.6 Å². The largest absolute Gasteiger partial charge is 0.356 e. The summed E-state index contributed by atoms with van der Waals surface area (Å²) in [5.41, 5.74) is -1.19. The molecule has 0 saturated carbocycles. The summed E-state index contributed by atoms with van der Waals surface area (Å²) in [6.45, 7) is 12.3. The zero-order chi connectivity index (χ0) is 22.3. The minimum absolute atomic E-state index is 0.0831. The number of aromatic amines is 1. The predicted octanol–water partition coefficient (Wildman–Crippen LogP) is 2.26. The maximum absolute atomic E-state index is 13.6. The van der Waals surface area contributed by atoms with Crippen molar-refractivity contribution in [2.45, 2.75) is 75.4 Å². The Hall–Kier alpha value is -2.13. The van der Waals surface area contributed by atoms with E-state index in [2.05, 4.69) is 16.9 Å². The normalized spacial score (nSPS) is 22.1. The molecule has 0 aromatic carbocycles. The van der Waals surface area contributed by atoms with Gasteiger partial charge in [0.05, 0.1) is 0 Å². The lowest BCUT2D eigenvalue weighted by Gasteiger charge is -2.53. The number of piperidine rings is 1. The summed E-state index contributed by atoms with van der Waals surface area (Å²) in [7, 11) is -3.87. The van der Waals surface area contributed by atoms with Crippen molar-refractivity contribution in [1.82, 2.24) is 19.5 Å². The highest BCUT2D eigenvalue weighted by Crippen LogP contribution is 2.42. The summed E-state index contributed by atoms with van der Waals surface area (Å²) in [6, 6.07) is 1.28. The molecular weight excluding hydrogens is 404 g/mol. The van der Waals surface area contributed by atoms with Crippen molar-refractivity contribution < 1.29 is 18.0 Å². The molecule has 0 atom stereocenters. The van der Waals surface area contributed by atoms with Crippen molar-refractivity contribution in [3.8, 4) is 0 Å². The second kappa shape index (κ2) is 7.85. The van der Waals surface area contributed by atoms with Gasteiger partial charge in [-0.2, -0.15) is 4.31 Å². The topological polar surface area (TPSA) is 103 Å². The molecule has 0 unspecified atom stereocenters. The number of hydrogen-bond acceptors (Lipinski definition) is 4. The molecule has 166 valence electrons. The molecule has 2 N–H and O–H groups in total. The maximum atomic E-state index is 13.6. The fourth-order valence-electron chi connectivity index (χ4n) is 5.12. The predicted molar refractivity (Wildman–Crippen MR) is 114 cm³/mol. The Morgan fingerprint density at radius 3 is 2.27 bits per heavy atom. The lowest BCUT2D eigenvalue weighted by atomic mass is 9.79.